The van der Waals surface area contributed by atoms with E-state index in [9.17, 15) is 0 Å². The highest BCUT2D eigenvalue weighted by Gasteiger charge is 2.25. The Hall–Kier alpha value is -2.66. The molecule has 1 aromatic heterocycles. The van der Waals surface area contributed by atoms with Gasteiger partial charge in [-0.3, -0.25) is 0 Å². The monoisotopic (exact) mass is 404 g/mol. The fraction of sp³-hybridized carbons (Fsp3) is 0.440. The van der Waals surface area contributed by atoms with E-state index < -0.39 is 0 Å². The quantitative estimate of drug-likeness (QED) is 0.444. The summed E-state index contributed by atoms with van der Waals surface area (Å²) in [6.07, 6.45) is 7.50. The Morgan fingerprint density at radius 3 is 2.40 bits per heavy atom. The highest BCUT2D eigenvalue weighted by Crippen LogP contribution is 2.40. The van der Waals surface area contributed by atoms with E-state index in [0.29, 0.717) is 0 Å². The lowest BCUT2D eigenvalue weighted by Gasteiger charge is -2.30. The molecule has 1 aliphatic rings. The van der Waals surface area contributed by atoms with Gasteiger partial charge in [-0.2, -0.15) is 0 Å². The first kappa shape index (κ1) is 20.6. The molecule has 0 bridgehead atoms. The van der Waals surface area contributed by atoms with Gasteiger partial charge in [0.1, 0.15) is 5.69 Å². The van der Waals surface area contributed by atoms with Crippen LogP contribution < -0.4 is 4.90 Å². The molecule has 2 heterocycles. The summed E-state index contributed by atoms with van der Waals surface area (Å²) >= 11 is 0. The highest BCUT2D eigenvalue weighted by atomic mass is 16.5. The number of methoxy groups -OCH3 is 1. The number of nitrogens with zero attached hydrogens (tertiary/aromatic N) is 4. The maximum atomic E-state index is 5.14. The number of fused-ring (bicyclic) bond motifs is 5. The Labute approximate surface area is 179 Å². The van der Waals surface area contributed by atoms with Gasteiger partial charge in [0.05, 0.1) is 5.69 Å². The lowest BCUT2D eigenvalue weighted by molar-refractivity contribution is 0.192. The summed E-state index contributed by atoms with van der Waals surface area (Å²) in [5.74, 6) is 0. The number of hydrogen-bond acceptors (Lipinski definition) is 4. The Morgan fingerprint density at radius 2 is 1.57 bits per heavy atom. The first-order valence-electron chi connectivity index (χ1n) is 11.1. The van der Waals surface area contributed by atoms with Crippen molar-refractivity contribution in [1.29, 1.82) is 0 Å². The van der Waals surface area contributed by atoms with Crippen molar-refractivity contribution in [3.8, 4) is 22.5 Å². The van der Waals surface area contributed by atoms with Crippen LogP contribution >= 0.6 is 0 Å². The van der Waals surface area contributed by atoms with Gasteiger partial charge < -0.3 is 9.64 Å². The second-order valence-corrected chi connectivity index (χ2v) is 8.12. The summed E-state index contributed by atoms with van der Waals surface area (Å²) in [6.45, 7) is 2.85. The molecule has 158 valence electrons. The molecular formula is C25H32N4O. The van der Waals surface area contributed by atoms with Gasteiger partial charge in [-0.05, 0) is 24.5 Å². The number of anilines is 1. The topological polar surface area (TPSA) is 43.2 Å². The fourth-order valence-electron chi connectivity index (χ4n) is 4.43. The molecular weight excluding hydrogens is 372 g/mol. The van der Waals surface area contributed by atoms with E-state index >= 15 is 0 Å². The van der Waals surface area contributed by atoms with Gasteiger partial charge >= 0.3 is 0 Å². The van der Waals surface area contributed by atoms with Gasteiger partial charge in [0, 0.05) is 50.7 Å². The van der Waals surface area contributed by atoms with E-state index in [1.54, 1.807) is 7.11 Å². The molecule has 4 rings (SSSR count). The zero-order valence-electron chi connectivity index (χ0n) is 18.2. The van der Waals surface area contributed by atoms with Crippen LogP contribution in [0.25, 0.3) is 22.5 Å². The molecule has 5 nitrogen and oxygen atoms in total. The zero-order valence-corrected chi connectivity index (χ0v) is 18.2. The Kier molecular flexibility index (Phi) is 6.80. The molecule has 0 aliphatic carbocycles. The summed E-state index contributed by atoms with van der Waals surface area (Å²) in [6, 6.07) is 17.3. The summed E-state index contributed by atoms with van der Waals surface area (Å²) in [5.41, 5.74) is 7.08. The van der Waals surface area contributed by atoms with E-state index in [1.165, 1.54) is 60.9 Å². The van der Waals surface area contributed by atoms with Gasteiger partial charge in [0.15, 0.2) is 0 Å². The molecule has 0 unspecified atom stereocenters. The third-order valence-electron chi connectivity index (χ3n) is 5.99. The van der Waals surface area contributed by atoms with Crippen LogP contribution in [0.3, 0.4) is 0 Å². The van der Waals surface area contributed by atoms with Crippen LogP contribution in [-0.4, -0.2) is 35.3 Å². The maximum Gasteiger partial charge on any atom is 0.123 e. The minimum atomic E-state index is 0.883. The second-order valence-electron chi connectivity index (χ2n) is 8.12. The van der Waals surface area contributed by atoms with Crippen LogP contribution in [0.2, 0.25) is 0 Å². The molecule has 0 fully saturated rings. The van der Waals surface area contributed by atoms with Crippen molar-refractivity contribution in [3.05, 3.63) is 54.1 Å². The SMILES string of the molecule is COCCCCCCCCN1Cc2ccccc2-c2c(nnn2C)-c2ccccc21. The van der Waals surface area contributed by atoms with E-state index in [4.69, 9.17) is 4.74 Å². The van der Waals surface area contributed by atoms with Crippen LogP contribution in [0.15, 0.2) is 48.5 Å². The van der Waals surface area contributed by atoms with Crippen molar-refractivity contribution in [2.45, 2.75) is 45.1 Å². The van der Waals surface area contributed by atoms with Gasteiger partial charge in [-0.25, -0.2) is 4.68 Å². The molecule has 5 heteroatoms. The third kappa shape index (κ3) is 4.41. The fourth-order valence-corrected chi connectivity index (χ4v) is 4.43. The van der Waals surface area contributed by atoms with Crippen molar-refractivity contribution in [2.75, 3.05) is 25.2 Å². The molecule has 0 N–H and O–H groups in total. The molecule has 2 aromatic carbocycles. The van der Waals surface area contributed by atoms with Gasteiger partial charge in [0.2, 0.25) is 0 Å². The van der Waals surface area contributed by atoms with E-state index in [2.05, 4.69) is 63.7 Å². The number of benzene rings is 2. The summed E-state index contributed by atoms with van der Waals surface area (Å²) in [7, 11) is 3.76. The largest absolute Gasteiger partial charge is 0.385 e. The standard InChI is InChI=1S/C25H32N4O/c1-28-25-21-14-8-7-13-20(21)19-29(17-11-5-3-4-6-12-18-30-2)23-16-10-9-15-22(23)24(25)26-27-28/h7-10,13-16H,3-6,11-12,17-19H2,1-2H3. The van der Waals surface area contributed by atoms with Crippen molar-refractivity contribution >= 4 is 5.69 Å². The lowest BCUT2D eigenvalue weighted by Crippen LogP contribution is -2.26. The van der Waals surface area contributed by atoms with Crippen molar-refractivity contribution in [3.63, 3.8) is 0 Å². The number of aromatic nitrogens is 3. The molecule has 0 saturated heterocycles. The number of rotatable bonds is 9. The van der Waals surface area contributed by atoms with Crippen LogP contribution in [0, 0.1) is 0 Å². The predicted molar refractivity (Wildman–Crippen MR) is 123 cm³/mol. The molecule has 0 atom stereocenters. The predicted octanol–water partition coefficient (Wildman–Crippen LogP) is 5.46. The van der Waals surface area contributed by atoms with Crippen molar-refractivity contribution in [2.24, 2.45) is 7.05 Å². The third-order valence-corrected chi connectivity index (χ3v) is 5.99. The second kappa shape index (κ2) is 9.90. The molecule has 1 aliphatic heterocycles. The number of aryl methyl sites for hydroxylation is 1. The van der Waals surface area contributed by atoms with Crippen LogP contribution in [0.1, 0.15) is 44.1 Å². The molecule has 3 aromatic rings. The number of para-hydroxylation sites is 1. The minimum absolute atomic E-state index is 0.883. The molecule has 0 saturated carbocycles. The molecule has 0 radical (unpaired) electrons. The normalized spacial score (nSPS) is 12.7. The lowest BCUT2D eigenvalue weighted by atomic mass is 9.95. The van der Waals surface area contributed by atoms with Gasteiger partial charge in [0.25, 0.3) is 0 Å². The smallest absolute Gasteiger partial charge is 0.123 e. The maximum absolute atomic E-state index is 5.14. The minimum Gasteiger partial charge on any atom is -0.385 e. The average molecular weight is 405 g/mol. The van der Waals surface area contributed by atoms with Crippen LogP contribution in [0.5, 0.6) is 0 Å². The summed E-state index contributed by atoms with van der Waals surface area (Å²) in [4.78, 5) is 2.52. The first-order valence-corrected chi connectivity index (χ1v) is 11.1. The van der Waals surface area contributed by atoms with Crippen LogP contribution in [-0.2, 0) is 18.3 Å². The summed E-state index contributed by atoms with van der Waals surface area (Å²) < 4.78 is 7.05. The highest BCUT2D eigenvalue weighted by molar-refractivity contribution is 5.87. The Balaban J connectivity index is 1.54. The molecule has 0 spiro atoms. The van der Waals surface area contributed by atoms with Crippen LogP contribution in [0.4, 0.5) is 5.69 Å². The van der Waals surface area contributed by atoms with Crippen molar-refractivity contribution < 1.29 is 4.74 Å². The van der Waals surface area contributed by atoms with Gasteiger partial charge in [-0.1, -0.05) is 73.4 Å². The molecule has 0 amide bonds. The Bertz CT molecular complexity index is 965. The van der Waals surface area contributed by atoms with E-state index in [1.807, 2.05) is 11.7 Å². The molecule has 30 heavy (non-hydrogen) atoms. The first-order chi connectivity index (χ1) is 14.8. The Morgan fingerprint density at radius 1 is 0.867 bits per heavy atom. The number of ether oxygens (including phenoxy) is 1. The van der Waals surface area contributed by atoms with E-state index in [0.717, 1.165) is 31.1 Å². The van der Waals surface area contributed by atoms with Crippen molar-refractivity contribution in [1.82, 2.24) is 15.0 Å². The van der Waals surface area contributed by atoms with E-state index in [-0.39, 0.29) is 0 Å². The number of hydrogen-bond donors (Lipinski definition) is 0. The van der Waals surface area contributed by atoms with Gasteiger partial charge in [-0.15, -0.1) is 5.10 Å². The summed E-state index contributed by atoms with van der Waals surface area (Å²) in [5, 5.41) is 8.91. The average Bonchev–Trinajstić information content (AvgIpc) is 3.14. The number of unbranched alkanes of at least 4 members (excludes halogenated alkanes) is 5. The zero-order chi connectivity index (χ0) is 20.8.